The minimum atomic E-state index is -3.62. The van der Waals surface area contributed by atoms with Gasteiger partial charge in [-0.05, 0) is 39.5 Å². The zero-order valence-electron chi connectivity index (χ0n) is 16.2. The second-order valence-corrected chi connectivity index (χ2v) is 10.4. The predicted molar refractivity (Wildman–Crippen MR) is 106 cm³/mol. The Labute approximate surface area is 169 Å². The highest BCUT2D eigenvalue weighted by atomic mass is 32.2. The molecular formula is C19H25N3O4S2. The van der Waals surface area contributed by atoms with E-state index in [9.17, 15) is 13.2 Å². The van der Waals surface area contributed by atoms with E-state index in [4.69, 9.17) is 4.42 Å². The van der Waals surface area contributed by atoms with Crippen molar-refractivity contribution in [3.05, 3.63) is 33.7 Å². The fourth-order valence-corrected chi connectivity index (χ4v) is 6.81. The van der Waals surface area contributed by atoms with Crippen molar-refractivity contribution in [2.45, 2.75) is 62.8 Å². The van der Waals surface area contributed by atoms with E-state index in [-0.39, 0.29) is 22.3 Å². The summed E-state index contributed by atoms with van der Waals surface area (Å²) in [6, 6.07) is 1.37. The van der Waals surface area contributed by atoms with Gasteiger partial charge in [0.1, 0.15) is 15.7 Å². The fraction of sp³-hybridized carbons (Fsp3) is 0.579. The molecule has 9 heteroatoms. The van der Waals surface area contributed by atoms with E-state index >= 15 is 0 Å². The summed E-state index contributed by atoms with van der Waals surface area (Å²) in [7, 11) is -3.62. The lowest BCUT2D eigenvalue weighted by Crippen LogP contribution is -2.43. The predicted octanol–water partition coefficient (Wildman–Crippen LogP) is 3.34. The fourth-order valence-electron chi connectivity index (χ4n) is 4.12. The normalized spacial score (nSPS) is 19.9. The number of hydrogen-bond acceptors (Lipinski definition) is 6. The van der Waals surface area contributed by atoms with Crippen molar-refractivity contribution in [2.24, 2.45) is 0 Å². The molecule has 0 bridgehead atoms. The Hall–Kier alpha value is -1.71. The van der Waals surface area contributed by atoms with Crippen molar-refractivity contribution >= 4 is 27.3 Å². The monoisotopic (exact) mass is 423 g/mol. The number of aromatic nitrogens is 1. The van der Waals surface area contributed by atoms with Crippen LogP contribution >= 0.6 is 11.3 Å². The Morgan fingerprint density at radius 1 is 1.21 bits per heavy atom. The zero-order chi connectivity index (χ0) is 19.9. The van der Waals surface area contributed by atoms with Crippen molar-refractivity contribution in [3.63, 3.8) is 0 Å². The van der Waals surface area contributed by atoms with Crippen LogP contribution in [-0.2, 0) is 15.6 Å². The van der Waals surface area contributed by atoms with Crippen LogP contribution in [0.2, 0.25) is 0 Å². The van der Waals surface area contributed by atoms with E-state index in [1.165, 1.54) is 10.4 Å². The Bertz CT molecular complexity index is 981. The lowest BCUT2D eigenvalue weighted by molar-refractivity contribution is 0.0868. The third-order valence-corrected chi connectivity index (χ3v) is 8.79. The number of hydrogen-bond donors (Lipinski definition) is 1. The molecule has 1 N–H and O–H groups in total. The maximum atomic E-state index is 13.0. The second kappa shape index (κ2) is 7.27. The average molecular weight is 424 g/mol. The molecule has 1 saturated heterocycles. The van der Waals surface area contributed by atoms with Crippen LogP contribution in [0.15, 0.2) is 20.8 Å². The summed E-state index contributed by atoms with van der Waals surface area (Å²) in [5.41, 5.74) is 0.443. The number of aryl methyl sites for hydroxylation is 2. The summed E-state index contributed by atoms with van der Waals surface area (Å²) in [6.45, 7) is 4.56. The molecule has 7 nitrogen and oxygen atoms in total. The number of amides is 1. The van der Waals surface area contributed by atoms with Gasteiger partial charge in [0, 0.05) is 30.2 Å². The van der Waals surface area contributed by atoms with Crippen LogP contribution in [0.25, 0.3) is 0 Å². The molecule has 1 amide bonds. The Balaban J connectivity index is 1.60. The van der Waals surface area contributed by atoms with E-state index in [0.717, 1.165) is 49.2 Å². The highest BCUT2D eigenvalue weighted by molar-refractivity contribution is 7.89. The lowest BCUT2D eigenvalue weighted by Gasteiger charge is -2.27. The SMILES string of the molecule is Cc1csc(C2(NC(=O)c3cc(S(=O)(=O)N4CCCC4)c(C)o3)CCCC2)n1. The summed E-state index contributed by atoms with van der Waals surface area (Å²) >= 11 is 1.55. The number of thiazole rings is 1. The number of nitrogens with one attached hydrogen (secondary N) is 1. The van der Waals surface area contributed by atoms with Crippen molar-refractivity contribution in [1.29, 1.82) is 0 Å². The molecule has 0 aromatic carbocycles. The summed E-state index contributed by atoms with van der Waals surface area (Å²) in [4.78, 5) is 17.6. The summed E-state index contributed by atoms with van der Waals surface area (Å²) < 4.78 is 32.7. The van der Waals surface area contributed by atoms with Gasteiger partial charge in [0.25, 0.3) is 5.91 Å². The lowest BCUT2D eigenvalue weighted by atomic mass is 9.98. The highest BCUT2D eigenvalue weighted by Crippen LogP contribution is 2.40. The smallest absolute Gasteiger partial charge is 0.287 e. The molecule has 2 fully saturated rings. The molecule has 1 aliphatic carbocycles. The van der Waals surface area contributed by atoms with E-state index in [2.05, 4.69) is 10.3 Å². The number of carbonyl (C=O) groups is 1. The van der Waals surface area contributed by atoms with E-state index in [1.54, 1.807) is 18.3 Å². The van der Waals surface area contributed by atoms with Gasteiger partial charge in [-0.3, -0.25) is 4.79 Å². The van der Waals surface area contributed by atoms with Gasteiger partial charge in [0.05, 0.1) is 5.54 Å². The van der Waals surface area contributed by atoms with Gasteiger partial charge in [0.2, 0.25) is 10.0 Å². The van der Waals surface area contributed by atoms with Crippen molar-refractivity contribution < 1.29 is 17.6 Å². The molecule has 0 unspecified atom stereocenters. The first-order valence-corrected chi connectivity index (χ1v) is 12.0. The van der Waals surface area contributed by atoms with Crippen molar-refractivity contribution in [3.8, 4) is 0 Å². The Morgan fingerprint density at radius 2 is 1.89 bits per heavy atom. The van der Waals surface area contributed by atoms with Crippen LogP contribution in [0.3, 0.4) is 0 Å². The van der Waals surface area contributed by atoms with Crippen LogP contribution in [0.4, 0.5) is 0 Å². The van der Waals surface area contributed by atoms with Gasteiger partial charge in [-0.2, -0.15) is 4.31 Å². The third-order valence-electron chi connectivity index (χ3n) is 5.62. The minimum Gasteiger partial charge on any atom is -0.455 e. The first-order chi connectivity index (χ1) is 13.3. The highest BCUT2D eigenvalue weighted by Gasteiger charge is 2.41. The molecule has 0 spiro atoms. The van der Waals surface area contributed by atoms with Gasteiger partial charge in [-0.15, -0.1) is 11.3 Å². The Morgan fingerprint density at radius 3 is 2.50 bits per heavy atom. The summed E-state index contributed by atoms with van der Waals surface area (Å²) in [5, 5.41) is 6.00. The molecule has 2 aromatic heterocycles. The largest absolute Gasteiger partial charge is 0.455 e. The summed E-state index contributed by atoms with van der Waals surface area (Å²) in [6.07, 6.45) is 5.41. The van der Waals surface area contributed by atoms with Crippen LogP contribution in [0, 0.1) is 13.8 Å². The molecule has 152 valence electrons. The van der Waals surface area contributed by atoms with Crippen LogP contribution in [0.5, 0.6) is 0 Å². The zero-order valence-corrected chi connectivity index (χ0v) is 17.8. The van der Waals surface area contributed by atoms with Crippen molar-refractivity contribution in [1.82, 2.24) is 14.6 Å². The van der Waals surface area contributed by atoms with Crippen molar-refractivity contribution in [2.75, 3.05) is 13.1 Å². The van der Waals surface area contributed by atoms with Crippen LogP contribution in [0.1, 0.15) is 65.5 Å². The first kappa shape index (κ1) is 19.6. The second-order valence-electron chi connectivity index (χ2n) is 7.68. The maximum absolute atomic E-state index is 13.0. The number of nitrogens with zero attached hydrogens (tertiary/aromatic N) is 2. The molecule has 1 aliphatic heterocycles. The number of rotatable bonds is 5. The van der Waals surface area contributed by atoms with Crippen LogP contribution in [-0.4, -0.2) is 36.7 Å². The molecule has 1 saturated carbocycles. The number of sulfonamides is 1. The topological polar surface area (TPSA) is 92.5 Å². The molecule has 2 aromatic rings. The third kappa shape index (κ3) is 3.40. The molecule has 3 heterocycles. The van der Waals surface area contributed by atoms with Gasteiger partial charge in [0.15, 0.2) is 5.76 Å². The van der Waals surface area contributed by atoms with Crippen LogP contribution < -0.4 is 5.32 Å². The molecule has 4 rings (SSSR count). The van der Waals surface area contributed by atoms with Gasteiger partial charge in [-0.25, -0.2) is 13.4 Å². The molecular weight excluding hydrogens is 398 g/mol. The molecule has 0 atom stereocenters. The maximum Gasteiger partial charge on any atom is 0.287 e. The molecule has 28 heavy (non-hydrogen) atoms. The standard InChI is InChI=1S/C19H25N3O4S2/c1-13-12-27-18(20-13)19(7-3-4-8-19)21-17(23)15-11-16(14(2)26-15)28(24,25)22-9-5-6-10-22/h11-12H,3-10H2,1-2H3,(H,21,23). The van der Waals surface area contributed by atoms with Gasteiger partial charge < -0.3 is 9.73 Å². The van der Waals surface area contributed by atoms with E-state index in [1.807, 2.05) is 12.3 Å². The van der Waals surface area contributed by atoms with Gasteiger partial charge >= 0.3 is 0 Å². The molecule has 0 radical (unpaired) electrons. The van der Waals surface area contributed by atoms with E-state index < -0.39 is 15.6 Å². The van der Waals surface area contributed by atoms with E-state index in [0.29, 0.717) is 13.1 Å². The minimum absolute atomic E-state index is 0.0369. The van der Waals surface area contributed by atoms with Gasteiger partial charge in [-0.1, -0.05) is 12.8 Å². The average Bonchev–Trinajstić information content (AvgIpc) is 3.42. The first-order valence-electron chi connectivity index (χ1n) is 9.68. The quantitative estimate of drug-likeness (QED) is 0.796. The Kier molecular flexibility index (Phi) is 5.09. The number of carbonyl (C=O) groups excluding carboxylic acids is 1. The summed E-state index contributed by atoms with van der Waals surface area (Å²) in [5.74, 6) is -0.0989. The number of furan rings is 1. The molecule has 2 aliphatic rings.